The number of aromatic nitrogens is 2. The Morgan fingerprint density at radius 3 is 2.79 bits per heavy atom. The fourth-order valence-electron chi connectivity index (χ4n) is 2.79. The quantitative estimate of drug-likeness (QED) is 0.647. The summed E-state index contributed by atoms with van der Waals surface area (Å²) >= 11 is 1.34. The lowest BCUT2D eigenvalue weighted by Crippen LogP contribution is -2.19. The lowest BCUT2D eigenvalue weighted by atomic mass is 10.2. The summed E-state index contributed by atoms with van der Waals surface area (Å²) in [5.41, 5.74) is 2.87. The minimum atomic E-state index is -0.142. The fraction of sp³-hybridized carbons (Fsp3) is 0.136. The van der Waals surface area contributed by atoms with E-state index in [9.17, 15) is 4.79 Å². The number of aryl methyl sites for hydroxylation is 2. The molecule has 0 spiro atoms. The summed E-state index contributed by atoms with van der Waals surface area (Å²) in [6.45, 7) is 2.42. The zero-order valence-corrected chi connectivity index (χ0v) is 16.9. The third kappa shape index (κ3) is 4.75. The first-order valence-electron chi connectivity index (χ1n) is 9.12. The highest BCUT2D eigenvalue weighted by atomic mass is 32.2. The molecule has 0 bridgehead atoms. The second-order valence-electron chi connectivity index (χ2n) is 6.63. The van der Waals surface area contributed by atoms with Gasteiger partial charge in [0.05, 0.1) is 10.6 Å². The van der Waals surface area contributed by atoms with E-state index < -0.39 is 0 Å². The van der Waals surface area contributed by atoms with Crippen molar-refractivity contribution in [3.05, 3.63) is 82.8 Å². The van der Waals surface area contributed by atoms with Crippen molar-refractivity contribution in [1.29, 1.82) is 0 Å². The summed E-state index contributed by atoms with van der Waals surface area (Å²) in [6, 6.07) is 15.5. The molecule has 1 aliphatic heterocycles. The van der Waals surface area contributed by atoms with Gasteiger partial charge in [0.25, 0.3) is 5.91 Å². The minimum Gasteiger partial charge on any atom is -0.486 e. The molecule has 0 radical (unpaired) electrons. The molecule has 4 rings (SSSR count). The molecule has 1 fully saturated rings. The largest absolute Gasteiger partial charge is 0.486 e. The van der Waals surface area contributed by atoms with Gasteiger partial charge in [-0.3, -0.25) is 4.79 Å². The molecule has 29 heavy (non-hydrogen) atoms. The van der Waals surface area contributed by atoms with Crippen molar-refractivity contribution < 1.29 is 9.53 Å². The molecular formula is C22H20N4O2S. The highest BCUT2D eigenvalue weighted by molar-refractivity contribution is 8.18. The maximum Gasteiger partial charge on any atom is 0.264 e. The molecule has 1 aliphatic rings. The van der Waals surface area contributed by atoms with Crippen LogP contribution in [-0.4, -0.2) is 20.6 Å². The average molecular weight is 404 g/mol. The van der Waals surface area contributed by atoms with Gasteiger partial charge >= 0.3 is 0 Å². The van der Waals surface area contributed by atoms with Crippen LogP contribution in [0.4, 0.5) is 5.69 Å². The third-order valence-electron chi connectivity index (χ3n) is 4.35. The van der Waals surface area contributed by atoms with E-state index in [1.165, 1.54) is 11.8 Å². The monoisotopic (exact) mass is 404 g/mol. The molecule has 2 heterocycles. The number of hydrogen-bond acceptors (Lipinski definition) is 5. The van der Waals surface area contributed by atoms with E-state index in [0.717, 1.165) is 28.4 Å². The summed E-state index contributed by atoms with van der Waals surface area (Å²) < 4.78 is 7.68. The van der Waals surface area contributed by atoms with Crippen molar-refractivity contribution in [3.63, 3.8) is 0 Å². The Morgan fingerprint density at radius 1 is 1.24 bits per heavy atom. The molecular weight excluding hydrogens is 384 g/mol. The first-order valence-corrected chi connectivity index (χ1v) is 9.94. The summed E-state index contributed by atoms with van der Waals surface area (Å²) in [4.78, 5) is 21.6. The molecule has 7 heteroatoms. The van der Waals surface area contributed by atoms with Crippen LogP contribution in [0.2, 0.25) is 0 Å². The van der Waals surface area contributed by atoms with Crippen LogP contribution < -0.4 is 10.1 Å². The standard InChI is InChI=1S/C22H20N4O2S/c1-15-4-3-5-17(12-15)24-22-25-21(27)19(29-22)13-16-6-8-18(9-7-16)28-14-20-23-10-11-26(20)2/h3-13H,14H2,1-2H3,(H,24,25,27)/b19-13-. The van der Waals surface area contributed by atoms with Gasteiger partial charge in [0.15, 0.2) is 5.17 Å². The summed E-state index contributed by atoms with van der Waals surface area (Å²) in [5, 5.41) is 3.40. The van der Waals surface area contributed by atoms with E-state index in [4.69, 9.17) is 4.74 Å². The molecule has 1 N–H and O–H groups in total. The van der Waals surface area contributed by atoms with Gasteiger partial charge in [0.1, 0.15) is 18.2 Å². The fourth-order valence-corrected chi connectivity index (χ4v) is 3.63. The van der Waals surface area contributed by atoms with Crippen molar-refractivity contribution in [2.75, 3.05) is 0 Å². The van der Waals surface area contributed by atoms with Gasteiger partial charge in [-0.25, -0.2) is 9.98 Å². The Morgan fingerprint density at radius 2 is 2.07 bits per heavy atom. The molecule has 0 saturated carbocycles. The van der Waals surface area contributed by atoms with Gasteiger partial charge in [-0.2, -0.15) is 0 Å². The van der Waals surface area contributed by atoms with E-state index in [1.807, 2.05) is 79.3 Å². The lowest BCUT2D eigenvalue weighted by Gasteiger charge is -2.06. The number of carbonyl (C=O) groups is 1. The van der Waals surface area contributed by atoms with Crippen LogP contribution in [0.15, 0.2) is 70.8 Å². The van der Waals surface area contributed by atoms with Crippen LogP contribution in [-0.2, 0) is 18.4 Å². The number of benzene rings is 2. The maximum atomic E-state index is 12.3. The summed E-state index contributed by atoms with van der Waals surface area (Å²) in [6.07, 6.45) is 5.48. The smallest absolute Gasteiger partial charge is 0.264 e. The number of hydrogen-bond donors (Lipinski definition) is 1. The summed E-state index contributed by atoms with van der Waals surface area (Å²) in [7, 11) is 1.93. The molecule has 0 unspecified atom stereocenters. The third-order valence-corrected chi connectivity index (χ3v) is 5.26. The van der Waals surface area contributed by atoms with Crippen molar-refractivity contribution in [3.8, 4) is 5.75 Å². The number of nitrogens with one attached hydrogen (secondary N) is 1. The SMILES string of the molecule is Cc1cccc(N=C2NC(=O)/C(=C/c3ccc(OCc4nccn4C)cc3)S2)c1. The second-order valence-corrected chi connectivity index (χ2v) is 7.66. The highest BCUT2D eigenvalue weighted by Crippen LogP contribution is 2.28. The first kappa shape index (κ1) is 19.0. The Kier molecular flexibility index (Phi) is 5.48. The van der Waals surface area contributed by atoms with Gasteiger partial charge in [-0.05, 0) is 60.2 Å². The molecule has 1 aromatic heterocycles. The zero-order valence-electron chi connectivity index (χ0n) is 16.1. The predicted molar refractivity (Wildman–Crippen MR) is 116 cm³/mol. The summed E-state index contributed by atoms with van der Waals surface area (Å²) in [5.74, 6) is 1.47. The highest BCUT2D eigenvalue weighted by Gasteiger charge is 2.23. The lowest BCUT2D eigenvalue weighted by molar-refractivity contribution is -0.115. The van der Waals surface area contributed by atoms with E-state index in [1.54, 1.807) is 6.20 Å². The van der Waals surface area contributed by atoms with E-state index >= 15 is 0 Å². The van der Waals surface area contributed by atoms with E-state index in [0.29, 0.717) is 16.7 Å². The van der Waals surface area contributed by atoms with Crippen LogP contribution in [0, 0.1) is 6.92 Å². The van der Waals surface area contributed by atoms with Crippen LogP contribution in [0.3, 0.4) is 0 Å². The number of aliphatic imine (C=N–C) groups is 1. The van der Waals surface area contributed by atoms with Crippen molar-refractivity contribution in [1.82, 2.24) is 14.9 Å². The Bertz CT molecular complexity index is 1100. The van der Waals surface area contributed by atoms with Crippen molar-refractivity contribution in [2.45, 2.75) is 13.5 Å². The zero-order chi connectivity index (χ0) is 20.2. The number of amides is 1. The number of carbonyl (C=O) groups excluding carboxylic acids is 1. The number of imidazole rings is 1. The van der Waals surface area contributed by atoms with Crippen molar-refractivity contribution >= 4 is 34.6 Å². The van der Waals surface area contributed by atoms with Crippen LogP contribution in [0.1, 0.15) is 17.0 Å². The number of thioether (sulfide) groups is 1. The molecule has 2 aromatic carbocycles. The molecule has 0 aliphatic carbocycles. The van der Waals surface area contributed by atoms with Crippen LogP contribution in [0.5, 0.6) is 5.75 Å². The van der Waals surface area contributed by atoms with Gasteiger partial charge in [-0.1, -0.05) is 24.3 Å². The molecule has 0 atom stereocenters. The van der Waals surface area contributed by atoms with Crippen LogP contribution >= 0.6 is 11.8 Å². The normalized spacial score (nSPS) is 16.4. The Labute approximate surface area is 173 Å². The minimum absolute atomic E-state index is 0.142. The van der Waals surface area contributed by atoms with Gasteiger partial charge in [0.2, 0.25) is 0 Å². The van der Waals surface area contributed by atoms with Crippen molar-refractivity contribution in [2.24, 2.45) is 12.0 Å². The average Bonchev–Trinajstić information content (AvgIpc) is 3.26. The predicted octanol–water partition coefficient (Wildman–Crippen LogP) is 4.20. The molecule has 146 valence electrons. The molecule has 6 nitrogen and oxygen atoms in total. The number of ether oxygens (including phenoxy) is 1. The molecule has 1 saturated heterocycles. The maximum absolute atomic E-state index is 12.3. The number of rotatable bonds is 5. The van der Waals surface area contributed by atoms with Crippen LogP contribution in [0.25, 0.3) is 6.08 Å². The topological polar surface area (TPSA) is 68.5 Å². The van der Waals surface area contributed by atoms with E-state index in [-0.39, 0.29) is 5.91 Å². The Balaban J connectivity index is 1.42. The Hall–Kier alpha value is -3.32. The second kappa shape index (κ2) is 8.36. The van der Waals surface area contributed by atoms with Gasteiger partial charge in [-0.15, -0.1) is 0 Å². The van der Waals surface area contributed by atoms with E-state index in [2.05, 4.69) is 15.3 Å². The number of nitrogens with zero attached hydrogens (tertiary/aromatic N) is 3. The van der Waals surface area contributed by atoms with Gasteiger partial charge < -0.3 is 14.6 Å². The van der Waals surface area contributed by atoms with Gasteiger partial charge in [0, 0.05) is 19.4 Å². The molecule has 3 aromatic rings. The molecule has 1 amide bonds. The number of amidine groups is 1. The first-order chi connectivity index (χ1) is 14.1.